The molecule has 0 saturated carbocycles. The summed E-state index contributed by atoms with van der Waals surface area (Å²) in [5.41, 5.74) is 6.26. The smallest absolute Gasteiger partial charge is 0.390 e. The Morgan fingerprint density at radius 1 is 1.53 bits per heavy atom. The molecule has 0 atom stereocenters. The molecule has 0 bridgehead atoms. The number of carbonyl (C=O) groups is 1. The summed E-state index contributed by atoms with van der Waals surface area (Å²) in [4.78, 5) is 11.2. The minimum atomic E-state index is -0.817. The lowest BCUT2D eigenvalue weighted by Gasteiger charge is -2.05. The zero-order valence-corrected chi connectivity index (χ0v) is 9.06. The second-order valence-corrected chi connectivity index (χ2v) is 3.12. The molecule has 0 amide bonds. The Kier molecular flexibility index (Phi) is 4.62. The van der Waals surface area contributed by atoms with Crippen molar-refractivity contribution in [1.29, 1.82) is 0 Å². The van der Waals surface area contributed by atoms with Crippen LogP contribution in [-0.2, 0) is 11.2 Å². The standard InChI is InChI=1S/C13H11NO3/c1-2-3-4-13(16)17-12-9-10(7-8-14)5-6-11(12)15/h1,5-6,9,15H,7-8,14H2. The van der Waals surface area contributed by atoms with Gasteiger partial charge in [0.2, 0.25) is 0 Å². The van der Waals surface area contributed by atoms with Crippen LogP contribution in [0.25, 0.3) is 0 Å². The third-order valence-electron chi connectivity index (χ3n) is 1.90. The molecule has 1 rings (SSSR count). The summed E-state index contributed by atoms with van der Waals surface area (Å²) in [6, 6.07) is 4.67. The van der Waals surface area contributed by atoms with Crippen LogP contribution < -0.4 is 10.5 Å². The molecule has 17 heavy (non-hydrogen) atoms. The molecule has 4 nitrogen and oxygen atoms in total. The quantitative estimate of drug-likeness (QED) is 0.341. The van der Waals surface area contributed by atoms with Gasteiger partial charge in [-0.05, 0) is 42.5 Å². The average Bonchev–Trinajstić information content (AvgIpc) is 2.31. The van der Waals surface area contributed by atoms with Crippen LogP contribution >= 0.6 is 0 Å². The lowest BCUT2D eigenvalue weighted by Crippen LogP contribution is -2.06. The monoisotopic (exact) mass is 229 g/mol. The minimum absolute atomic E-state index is 0.0484. The summed E-state index contributed by atoms with van der Waals surface area (Å²) in [7, 11) is 0. The number of benzene rings is 1. The molecule has 4 heteroatoms. The van der Waals surface area contributed by atoms with Gasteiger partial charge in [0.05, 0.1) is 0 Å². The van der Waals surface area contributed by atoms with Gasteiger partial charge < -0.3 is 15.6 Å². The van der Waals surface area contributed by atoms with E-state index in [1.54, 1.807) is 6.07 Å². The number of phenolic OH excluding ortho intramolecular Hbond substituents is 1. The summed E-state index contributed by atoms with van der Waals surface area (Å²) < 4.78 is 4.84. The molecule has 1 aromatic rings. The van der Waals surface area contributed by atoms with Crippen LogP contribution in [0.5, 0.6) is 11.5 Å². The Hall–Kier alpha value is -2.43. The number of hydrogen-bond donors (Lipinski definition) is 2. The van der Waals surface area contributed by atoms with Crippen molar-refractivity contribution < 1.29 is 14.6 Å². The number of rotatable bonds is 3. The molecule has 0 saturated heterocycles. The summed E-state index contributed by atoms with van der Waals surface area (Å²) >= 11 is 0. The molecule has 0 aliphatic heterocycles. The maximum Gasteiger partial charge on any atom is 0.390 e. The third-order valence-corrected chi connectivity index (χ3v) is 1.90. The highest BCUT2D eigenvalue weighted by atomic mass is 16.5. The first-order valence-corrected chi connectivity index (χ1v) is 4.87. The van der Waals surface area contributed by atoms with Crippen LogP contribution in [0.2, 0.25) is 0 Å². The molecule has 0 heterocycles. The summed E-state index contributed by atoms with van der Waals surface area (Å²) in [6.07, 6.45) is 5.49. The number of carbonyl (C=O) groups excluding carboxylic acids is 1. The third kappa shape index (κ3) is 3.90. The van der Waals surface area contributed by atoms with E-state index in [9.17, 15) is 9.90 Å². The van der Waals surface area contributed by atoms with Crippen LogP contribution in [0.4, 0.5) is 0 Å². The van der Waals surface area contributed by atoms with Crippen LogP contribution in [0.15, 0.2) is 18.2 Å². The van der Waals surface area contributed by atoms with E-state index >= 15 is 0 Å². The van der Waals surface area contributed by atoms with E-state index in [-0.39, 0.29) is 11.5 Å². The van der Waals surface area contributed by atoms with Gasteiger partial charge in [0.15, 0.2) is 11.5 Å². The summed E-state index contributed by atoms with van der Waals surface area (Å²) in [6.45, 7) is 0.467. The SMILES string of the molecule is C#CC#CC(=O)Oc1cc(CCN)ccc1O. The fourth-order valence-corrected chi connectivity index (χ4v) is 1.17. The molecule has 0 fully saturated rings. The van der Waals surface area contributed by atoms with Crippen molar-refractivity contribution in [3.63, 3.8) is 0 Å². The van der Waals surface area contributed by atoms with Gasteiger partial charge in [-0.2, -0.15) is 0 Å². The number of terminal acetylenes is 1. The minimum Gasteiger partial charge on any atom is -0.504 e. The Bertz CT molecular complexity index is 518. The summed E-state index contributed by atoms with van der Waals surface area (Å²) in [5.74, 6) is 5.29. The van der Waals surface area contributed by atoms with E-state index in [0.29, 0.717) is 13.0 Å². The van der Waals surface area contributed by atoms with Crippen molar-refractivity contribution in [1.82, 2.24) is 0 Å². The highest BCUT2D eigenvalue weighted by Gasteiger charge is 2.07. The van der Waals surface area contributed by atoms with Crippen molar-refractivity contribution in [2.45, 2.75) is 6.42 Å². The number of esters is 1. The first-order valence-electron chi connectivity index (χ1n) is 4.87. The Morgan fingerprint density at radius 3 is 2.94 bits per heavy atom. The van der Waals surface area contributed by atoms with Crippen molar-refractivity contribution in [3.8, 4) is 35.7 Å². The van der Waals surface area contributed by atoms with Gasteiger partial charge in [0.1, 0.15) is 0 Å². The lowest BCUT2D eigenvalue weighted by atomic mass is 10.1. The number of hydrogen-bond acceptors (Lipinski definition) is 4. The molecule has 86 valence electrons. The van der Waals surface area contributed by atoms with E-state index in [4.69, 9.17) is 16.9 Å². The van der Waals surface area contributed by atoms with Crippen molar-refractivity contribution in [2.24, 2.45) is 5.73 Å². The number of ether oxygens (including phenoxy) is 1. The lowest BCUT2D eigenvalue weighted by molar-refractivity contribution is -0.128. The van der Waals surface area contributed by atoms with Crippen molar-refractivity contribution in [2.75, 3.05) is 6.54 Å². The molecule has 3 N–H and O–H groups in total. The fraction of sp³-hybridized carbons (Fsp3) is 0.154. The number of phenols is 1. The highest BCUT2D eigenvalue weighted by Crippen LogP contribution is 2.26. The normalized spacial score (nSPS) is 8.71. The molecule has 0 unspecified atom stereocenters. The fourth-order valence-electron chi connectivity index (χ4n) is 1.17. The van der Waals surface area contributed by atoms with Gasteiger partial charge in [-0.1, -0.05) is 6.07 Å². The van der Waals surface area contributed by atoms with E-state index < -0.39 is 5.97 Å². The second kappa shape index (κ2) is 6.22. The topological polar surface area (TPSA) is 72.5 Å². The second-order valence-electron chi connectivity index (χ2n) is 3.12. The molecule has 0 spiro atoms. The molecular weight excluding hydrogens is 218 g/mol. The predicted octanol–water partition coefficient (Wildman–Crippen LogP) is 0.435. The first-order chi connectivity index (χ1) is 8.17. The predicted molar refractivity (Wildman–Crippen MR) is 63.1 cm³/mol. The van der Waals surface area contributed by atoms with Crippen molar-refractivity contribution >= 4 is 5.97 Å². The van der Waals surface area contributed by atoms with Gasteiger partial charge in [-0.25, -0.2) is 4.79 Å². The van der Waals surface area contributed by atoms with Gasteiger partial charge >= 0.3 is 5.97 Å². The molecule has 0 aliphatic carbocycles. The Labute approximate surface area is 99.4 Å². The molecule has 0 aliphatic rings. The van der Waals surface area contributed by atoms with Gasteiger partial charge in [0.25, 0.3) is 0 Å². The largest absolute Gasteiger partial charge is 0.504 e. The number of nitrogens with two attached hydrogens (primary N) is 1. The molecule has 0 aromatic heterocycles. The van der Waals surface area contributed by atoms with Crippen molar-refractivity contribution in [3.05, 3.63) is 23.8 Å². The summed E-state index contributed by atoms with van der Waals surface area (Å²) in [5, 5.41) is 9.48. The highest BCUT2D eigenvalue weighted by molar-refractivity contribution is 5.91. The first kappa shape index (κ1) is 12.6. The van der Waals surface area contributed by atoms with Gasteiger partial charge in [-0.3, -0.25) is 0 Å². The van der Waals surface area contributed by atoms with Crippen LogP contribution in [-0.4, -0.2) is 17.6 Å². The molecule has 1 aromatic carbocycles. The van der Waals surface area contributed by atoms with Gasteiger partial charge in [0, 0.05) is 5.92 Å². The van der Waals surface area contributed by atoms with Crippen LogP contribution in [0.3, 0.4) is 0 Å². The van der Waals surface area contributed by atoms with Crippen LogP contribution in [0.1, 0.15) is 5.56 Å². The van der Waals surface area contributed by atoms with Crippen LogP contribution in [0, 0.1) is 24.2 Å². The number of aromatic hydroxyl groups is 1. The molecular formula is C13H11NO3. The Balaban J connectivity index is 2.86. The Morgan fingerprint density at radius 2 is 2.29 bits per heavy atom. The van der Waals surface area contributed by atoms with Gasteiger partial charge in [-0.15, -0.1) is 6.42 Å². The zero-order valence-electron chi connectivity index (χ0n) is 9.06. The van der Waals surface area contributed by atoms with E-state index in [2.05, 4.69) is 11.8 Å². The van der Waals surface area contributed by atoms with E-state index in [1.807, 2.05) is 5.92 Å². The maximum absolute atomic E-state index is 11.2. The molecule has 0 radical (unpaired) electrons. The average molecular weight is 229 g/mol. The van der Waals surface area contributed by atoms with E-state index in [0.717, 1.165) is 5.56 Å². The van der Waals surface area contributed by atoms with E-state index in [1.165, 1.54) is 12.1 Å². The maximum atomic E-state index is 11.2. The zero-order chi connectivity index (χ0) is 12.7.